The number of aryl methyl sites for hydroxylation is 1. The van der Waals surface area contributed by atoms with E-state index in [0.717, 1.165) is 22.3 Å². The number of anilines is 1. The van der Waals surface area contributed by atoms with Crippen LogP contribution >= 0.6 is 0 Å². The van der Waals surface area contributed by atoms with Crippen LogP contribution in [0.2, 0.25) is 0 Å². The van der Waals surface area contributed by atoms with Gasteiger partial charge < -0.3 is 19.7 Å². The fourth-order valence-corrected chi connectivity index (χ4v) is 3.93. The number of carbonyl (C=O) groups is 2. The average molecular weight is 434 g/mol. The number of nitrogens with zero attached hydrogens (tertiary/aromatic N) is 2. The molecule has 3 aromatic rings. The van der Waals surface area contributed by atoms with Crippen LogP contribution < -0.4 is 5.32 Å². The van der Waals surface area contributed by atoms with Crippen molar-refractivity contribution in [2.75, 3.05) is 12.4 Å². The molecular weight excluding hydrogens is 406 g/mol. The fourth-order valence-electron chi connectivity index (χ4n) is 3.93. The van der Waals surface area contributed by atoms with Crippen molar-refractivity contribution >= 4 is 34.7 Å². The zero-order chi connectivity index (χ0) is 23.2. The van der Waals surface area contributed by atoms with E-state index in [-0.39, 0.29) is 17.9 Å². The molecule has 3 heterocycles. The number of hydrogen-bond acceptors (Lipinski definition) is 5. The van der Waals surface area contributed by atoms with E-state index < -0.39 is 11.5 Å². The molecule has 2 N–H and O–H groups in total. The molecule has 0 saturated carbocycles. The Morgan fingerprint density at radius 2 is 2.06 bits per heavy atom. The van der Waals surface area contributed by atoms with Crippen LogP contribution in [0.4, 0.5) is 5.82 Å². The average Bonchev–Trinajstić information content (AvgIpc) is 3.12. The Kier molecular flexibility index (Phi) is 5.38. The lowest BCUT2D eigenvalue weighted by Gasteiger charge is -2.34. The van der Waals surface area contributed by atoms with Gasteiger partial charge in [0.15, 0.2) is 0 Å². The van der Waals surface area contributed by atoms with Crippen LogP contribution in [0, 0.1) is 12.3 Å². The van der Waals surface area contributed by atoms with Crippen molar-refractivity contribution in [1.82, 2.24) is 9.88 Å². The van der Waals surface area contributed by atoms with Gasteiger partial charge in [-0.1, -0.05) is 18.2 Å². The molecule has 32 heavy (non-hydrogen) atoms. The largest absolute Gasteiger partial charge is 0.459 e. The summed E-state index contributed by atoms with van der Waals surface area (Å²) in [5.74, 6) is 0.632. The number of fused-ring (bicyclic) bond motifs is 2. The highest BCUT2D eigenvalue weighted by Crippen LogP contribution is 2.41. The third-order valence-electron chi connectivity index (χ3n) is 6.34. The summed E-state index contributed by atoms with van der Waals surface area (Å²) in [5.41, 5.74) is 2.05. The van der Waals surface area contributed by atoms with Gasteiger partial charge in [-0.2, -0.15) is 0 Å². The molecule has 1 unspecified atom stereocenters. The summed E-state index contributed by atoms with van der Waals surface area (Å²) in [6.45, 7) is 7.28. The number of pyridine rings is 1. The summed E-state index contributed by atoms with van der Waals surface area (Å²) in [7, 11) is 1.73. The Labute approximate surface area is 186 Å². The number of nitrogens with one attached hydrogen (secondary N) is 1. The molecule has 0 fully saturated rings. The number of aromatic nitrogens is 1. The third kappa shape index (κ3) is 3.58. The maximum Gasteiger partial charge on any atom is 0.246 e. The zero-order valence-electron chi connectivity index (χ0n) is 18.8. The number of aliphatic hydroxyl groups is 1. The van der Waals surface area contributed by atoms with E-state index in [2.05, 4.69) is 10.3 Å². The van der Waals surface area contributed by atoms with Gasteiger partial charge in [0, 0.05) is 35.8 Å². The number of amides is 2. The fraction of sp³-hybridized carbons (Fsp3) is 0.320. The minimum atomic E-state index is -0.985. The van der Waals surface area contributed by atoms with Gasteiger partial charge in [0.25, 0.3) is 0 Å². The molecule has 0 spiro atoms. The molecule has 2 aromatic heterocycles. The summed E-state index contributed by atoms with van der Waals surface area (Å²) in [4.78, 5) is 30.8. The number of rotatable bonds is 4. The summed E-state index contributed by atoms with van der Waals surface area (Å²) < 4.78 is 6.01. The Hall–Kier alpha value is -3.45. The number of furan rings is 1. The Morgan fingerprint density at radius 3 is 2.78 bits per heavy atom. The molecule has 2 atom stereocenters. The maximum atomic E-state index is 12.8. The molecule has 7 nitrogen and oxygen atoms in total. The second kappa shape index (κ2) is 7.91. The predicted octanol–water partition coefficient (Wildman–Crippen LogP) is 4.38. The van der Waals surface area contributed by atoms with Crippen molar-refractivity contribution < 1.29 is 19.1 Å². The number of hydrogen-bond donors (Lipinski definition) is 2. The first kappa shape index (κ1) is 21.8. The molecular formula is C25H27N3O4. The van der Waals surface area contributed by atoms with E-state index in [1.54, 1.807) is 44.1 Å². The van der Waals surface area contributed by atoms with Gasteiger partial charge in [-0.3, -0.25) is 9.59 Å². The minimum Gasteiger partial charge on any atom is -0.459 e. The first-order valence-corrected chi connectivity index (χ1v) is 10.5. The number of para-hydroxylation sites is 1. The van der Waals surface area contributed by atoms with Gasteiger partial charge in [0.05, 0.1) is 17.6 Å². The quantitative estimate of drug-likeness (QED) is 0.595. The van der Waals surface area contributed by atoms with Crippen molar-refractivity contribution in [2.24, 2.45) is 5.41 Å². The van der Waals surface area contributed by atoms with Gasteiger partial charge >= 0.3 is 0 Å². The van der Waals surface area contributed by atoms with Crippen LogP contribution in [0.15, 0.2) is 47.0 Å². The lowest BCUT2D eigenvalue weighted by atomic mass is 9.79. The van der Waals surface area contributed by atoms with Crippen LogP contribution in [-0.4, -0.2) is 33.9 Å². The zero-order valence-corrected chi connectivity index (χ0v) is 18.8. The van der Waals surface area contributed by atoms with Gasteiger partial charge in [-0.15, -0.1) is 0 Å². The first-order chi connectivity index (χ1) is 15.1. The van der Waals surface area contributed by atoms with Crippen molar-refractivity contribution in [3.8, 4) is 0 Å². The van der Waals surface area contributed by atoms with Crippen LogP contribution in [0.25, 0.3) is 17.0 Å². The standard InChI is InChI=1S/C25H27N3O4/c1-14-17-8-6-7-9-19(17)32-21(14)15(2)28(5)20(29)11-10-16-12-18-22(30)25(3,4)24(31)27-23(18)26-13-16/h6-13,15,22,30H,1-5H3,(H,26,27,31)/b11-10+/t15?,22-/m1/s1. The Bertz CT molecular complexity index is 1240. The predicted molar refractivity (Wildman–Crippen MR) is 123 cm³/mol. The summed E-state index contributed by atoms with van der Waals surface area (Å²) in [6, 6.07) is 9.30. The lowest BCUT2D eigenvalue weighted by molar-refractivity contribution is -0.131. The minimum absolute atomic E-state index is 0.191. The first-order valence-electron chi connectivity index (χ1n) is 10.5. The van der Waals surface area contributed by atoms with Crippen LogP contribution in [0.5, 0.6) is 0 Å². The summed E-state index contributed by atoms with van der Waals surface area (Å²) in [5, 5.41) is 14.4. The molecule has 4 rings (SSSR count). The molecule has 1 aromatic carbocycles. The highest BCUT2D eigenvalue weighted by Gasteiger charge is 2.42. The molecule has 1 aliphatic heterocycles. The summed E-state index contributed by atoms with van der Waals surface area (Å²) in [6.07, 6.45) is 3.69. The van der Waals surface area contributed by atoms with Crippen molar-refractivity contribution in [3.05, 3.63) is 65.1 Å². The van der Waals surface area contributed by atoms with E-state index in [1.807, 2.05) is 38.1 Å². The van der Waals surface area contributed by atoms with E-state index in [9.17, 15) is 14.7 Å². The normalized spacial score (nSPS) is 18.4. The van der Waals surface area contributed by atoms with Gasteiger partial charge in [-0.25, -0.2) is 4.98 Å². The number of likely N-dealkylation sites (N-methyl/N-ethyl adjacent to an activating group) is 1. The number of carbonyl (C=O) groups excluding carboxylic acids is 2. The topological polar surface area (TPSA) is 95.7 Å². The van der Waals surface area contributed by atoms with Crippen LogP contribution in [-0.2, 0) is 9.59 Å². The number of aliphatic hydroxyl groups excluding tert-OH is 1. The second-order valence-corrected chi connectivity index (χ2v) is 8.83. The highest BCUT2D eigenvalue weighted by molar-refractivity contribution is 5.98. The second-order valence-electron chi connectivity index (χ2n) is 8.83. The molecule has 0 saturated heterocycles. The number of benzene rings is 1. The Balaban J connectivity index is 1.53. The molecule has 2 amide bonds. The third-order valence-corrected chi connectivity index (χ3v) is 6.34. The molecule has 0 aliphatic carbocycles. The molecule has 166 valence electrons. The maximum absolute atomic E-state index is 12.8. The molecule has 0 radical (unpaired) electrons. The van der Waals surface area contributed by atoms with Crippen LogP contribution in [0.1, 0.15) is 55.4 Å². The molecule has 7 heteroatoms. The summed E-state index contributed by atoms with van der Waals surface area (Å²) >= 11 is 0. The van der Waals surface area contributed by atoms with Gasteiger partial charge in [0.2, 0.25) is 11.8 Å². The molecule has 1 aliphatic rings. The van der Waals surface area contributed by atoms with Crippen molar-refractivity contribution in [1.29, 1.82) is 0 Å². The van der Waals surface area contributed by atoms with E-state index >= 15 is 0 Å². The van der Waals surface area contributed by atoms with E-state index in [0.29, 0.717) is 16.9 Å². The monoisotopic (exact) mass is 433 g/mol. The lowest BCUT2D eigenvalue weighted by Crippen LogP contribution is -2.41. The van der Waals surface area contributed by atoms with Crippen molar-refractivity contribution in [2.45, 2.75) is 39.8 Å². The smallest absolute Gasteiger partial charge is 0.246 e. The van der Waals surface area contributed by atoms with E-state index in [1.165, 1.54) is 6.08 Å². The van der Waals surface area contributed by atoms with Gasteiger partial charge in [-0.05, 0) is 51.5 Å². The van der Waals surface area contributed by atoms with E-state index in [4.69, 9.17) is 4.42 Å². The van der Waals surface area contributed by atoms with Crippen molar-refractivity contribution in [3.63, 3.8) is 0 Å². The molecule has 0 bridgehead atoms. The van der Waals surface area contributed by atoms with Crippen LogP contribution in [0.3, 0.4) is 0 Å². The Morgan fingerprint density at radius 1 is 1.34 bits per heavy atom. The highest BCUT2D eigenvalue weighted by atomic mass is 16.3. The van der Waals surface area contributed by atoms with Gasteiger partial charge in [0.1, 0.15) is 17.2 Å². The SMILES string of the molecule is Cc1c(C(C)N(C)C(=O)/C=C/c2cnc3c(c2)[C@@H](O)C(C)(C)C(=O)N3)oc2ccccc12.